The van der Waals surface area contributed by atoms with Gasteiger partial charge < -0.3 is 15.8 Å². The van der Waals surface area contributed by atoms with Gasteiger partial charge in [0.25, 0.3) is 0 Å². The zero-order valence-electron chi connectivity index (χ0n) is 21.8. The van der Waals surface area contributed by atoms with Gasteiger partial charge in [0.15, 0.2) is 0 Å². The molecule has 204 valence electrons. The van der Waals surface area contributed by atoms with Crippen molar-refractivity contribution in [2.45, 2.75) is 61.4 Å². The van der Waals surface area contributed by atoms with Gasteiger partial charge in [-0.15, -0.1) is 0 Å². The summed E-state index contributed by atoms with van der Waals surface area (Å²) >= 11 is 0. The summed E-state index contributed by atoms with van der Waals surface area (Å²) in [6.07, 6.45) is 8.77. The third kappa shape index (κ3) is 7.38. The Bertz CT molecular complexity index is 1290. The van der Waals surface area contributed by atoms with Crippen LogP contribution in [-0.4, -0.2) is 45.7 Å². The van der Waals surface area contributed by atoms with E-state index in [4.69, 9.17) is 10.5 Å². The maximum absolute atomic E-state index is 13.8. The number of nitrogens with one attached hydrogen (secondary N) is 2. The van der Waals surface area contributed by atoms with Gasteiger partial charge in [-0.2, -0.15) is 0 Å². The maximum atomic E-state index is 13.8. The van der Waals surface area contributed by atoms with Gasteiger partial charge >= 0.3 is 0 Å². The molecule has 0 saturated carbocycles. The summed E-state index contributed by atoms with van der Waals surface area (Å²) in [5, 5.41) is 3.72. The van der Waals surface area contributed by atoms with Crippen LogP contribution in [0.3, 0.4) is 0 Å². The molecule has 0 spiro atoms. The molecule has 38 heavy (non-hydrogen) atoms. The number of benzene rings is 2. The highest BCUT2D eigenvalue weighted by Gasteiger charge is 2.30. The molecule has 3 aromatic rings. The number of nitrogens with zero attached hydrogens (tertiary/aromatic N) is 1. The number of halogens is 1. The lowest BCUT2D eigenvalue weighted by molar-refractivity contribution is 0.365. The molecular formula is C29H37FN4O3S. The first-order chi connectivity index (χ1) is 18.4. The van der Waals surface area contributed by atoms with Gasteiger partial charge in [-0.1, -0.05) is 30.7 Å². The summed E-state index contributed by atoms with van der Waals surface area (Å²) in [4.78, 5) is 3.97. The van der Waals surface area contributed by atoms with E-state index >= 15 is 0 Å². The van der Waals surface area contributed by atoms with Gasteiger partial charge in [-0.05, 0) is 79.1 Å². The van der Waals surface area contributed by atoms with E-state index in [0.29, 0.717) is 18.9 Å². The summed E-state index contributed by atoms with van der Waals surface area (Å²) < 4.78 is 46.4. The van der Waals surface area contributed by atoms with Crippen LogP contribution in [0.1, 0.15) is 48.3 Å². The number of hydrogen-bond donors (Lipinski definition) is 3. The van der Waals surface area contributed by atoms with Crippen LogP contribution in [0.15, 0.2) is 71.9 Å². The van der Waals surface area contributed by atoms with E-state index in [0.717, 1.165) is 43.9 Å². The molecule has 7 nitrogen and oxygen atoms in total. The molecule has 0 amide bonds. The third-order valence-electron chi connectivity index (χ3n) is 7.20. The smallest absolute Gasteiger partial charge is 0.243 e. The normalized spacial score (nSPS) is 18.1. The highest BCUT2D eigenvalue weighted by atomic mass is 32.2. The summed E-state index contributed by atoms with van der Waals surface area (Å²) in [7, 11) is -2.16. The average molecular weight is 541 g/mol. The number of pyridine rings is 1. The Hall–Kier alpha value is -2.85. The van der Waals surface area contributed by atoms with Crippen LogP contribution < -0.4 is 20.5 Å². The van der Waals surface area contributed by atoms with Gasteiger partial charge in [0.1, 0.15) is 16.5 Å². The Kier molecular flexibility index (Phi) is 9.85. The van der Waals surface area contributed by atoms with Crippen molar-refractivity contribution in [1.29, 1.82) is 0 Å². The van der Waals surface area contributed by atoms with Crippen molar-refractivity contribution in [2.75, 3.05) is 20.2 Å². The first-order valence-corrected chi connectivity index (χ1v) is 14.6. The number of unbranched alkanes of at least 4 members (excludes halogenated alkanes) is 1. The van der Waals surface area contributed by atoms with Crippen LogP contribution in [-0.2, 0) is 22.9 Å². The molecule has 0 fully saturated rings. The molecule has 1 heterocycles. The van der Waals surface area contributed by atoms with Crippen LogP contribution in [0, 0.1) is 5.82 Å². The molecule has 0 radical (unpaired) electrons. The average Bonchev–Trinajstić information content (AvgIpc) is 2.92. The van der Waals surface area contributed by atoms with Crippen molar-refractivity contribution in [3.8, 4) is 5.75 Å². The SMILES string of the molecule is COc1ccc2c(c1)CCC(NC[C@@H](N)CCCCNS(=O)(=O)c1ccccc1F)C2Cc1cccnc1. The number of hydrogen-bond acceptors (Lipinski definition) is 6. The van der Waals surface area contributed by atoms with Crippen LogP contribution in [0.5, 0.6) is 5.75 Å². The Labute approximate surface area is 225 Å². The first kappa shape index (κ1) is 28.2. The van der Waals surface area contributed by atoms with E-state index in [1.54, 1.807) is 13.3 Å². The Balaban J connectivity index is 1.27. The molecule has 0 saturated heterocycles. The predicted molar refractivity (Wildman–Crippen MR) is 147 cm³/mol. The van der Waals surface area contributed by atoms with Crippen molar-refractivity contribution in [1.82, 2.24) is 15.0 Å². The van der Waals surface area contributed by atoms with Gasteiger partial charge in [0.05, 0.1) is 7.11 Å². The molecule has 9 heteroatoms. The largest absolute Gasteiger partial charge is 0.497 e. The number of nitrogens with two attached hydrogens (primary N) is 1. The van der Waals surface area contributed by atoms with Gasteiger partial charge in [-0.25, -0.2) is 17.5 Å². The van der Waals surface area contributed by atoms with E-state index in [1.165, 1.54) is 34.9 Å². The van der Waals surface area contributed by atoms with Crippen LogP contribution in [0.2, 0.25) is 0 Å². The van der Waals surface area contributed by atoms with Crippen LogP contribution in [0.4, 0.5) is 4.39 Å². The lowest BCUT2D eigenvalue weighted by Crippen LogP contribution is -2.44. The standard InChI is InChI=1S/C29H37FN4O3S/c1-37-24-12-13-25-22(18-24)11-14-28(26(25)17-21-7-6-15-32-19-21)33-20-23(31)8-4-5-16-34-38(35,36)29-10-3-2-9-27(29)30/h2-3,6-7,9-10,12-13,15,18-19,23,26,28,33-34H,4-5,8,11,14,16-17,20,31H2,1H3/t23-,26?,28?/m0/s1. The summed E-state index contributed by atoms with van der Waals surface area (Å²) in [6.45, 7) is 0.924. The van der Waals surface area contributed by atoms with Crippen molar-refractivity contribution >= 4 is 10.0 Å². The molecule has 1 aliphatic carbocycles. The number of ether oxygens (including phenoxy) is 1. The van der Waals surface area contributed by atoms with Crippen molar-refractivity contribution in [3.05, 3.63) is 89.5 Å². The number of methoxy groups -OCH3 is 1. The summed E-state index contributed by atoms with van der Waals surface area (Å²) in [5.74, 6) is 0.432. The molecule has 1 aromatic heterocycles. The zero-order valence-corrected chi connectivity index (χ0v) is 22.6. The number of rotatable bonds is 13. The van der Waals surface area contributed by atoms with E-state index in [-0.39, 0.29) is 23.5 Å². The fourth-order valence-electron chi connectivity index (χ4n) is 5.17. The molecule has 1 aliphatic rings. The molecule has 3 atom stereocenters. The second kappa shape index (κ2) is 13.3. The minimum atomic E-state index is -3.86. The van der Waals surface area contributed by atoms with Gasteiger partial charge in [0, 0.05) is 43.5 Å². The molecular weight excluding hydrogens is 503 g/mol. The lowest BCUT2D eigenvalue weighted by atomic mass is 9.76. The maximum Gasteiger partial charge on any atom is 0.243 e. The topological polar surface area (TPSA) is 106 Å². The molecule has 2 unspecified atom stereocenters. The minimum Gasteiger partial charge on any atom is -0.497 e. The van der Waals surface area contributed by atoms with E-state index in [9.17, 15) is 12.8 Å². The van der Waals surface area contributed by atoms with E-state index in [2.05, 4.69) is 33.2 Å². The van der Waals surface area contributed by atoms with Gasteiger partial charge in [0.2, 0.25) is 10.0 Å². The monoisotopic (exact) mass is 540 g/mol. The summed E-state index contributed by atoms with van der Waals surface area (Å²) in [6, 6.07) is 16.1. The molecule has 2 aromatic carbocycles. The van der Waals surface area contributed by atoms with E-state index in [1.807, 2.05) is 18.3 Å². The Morgan fingerprint density at radius 1 is 1.16 bits per heavy atom. The molecule has 4 rings (SSSR count). The van der Waals surface area contributed by atoms with Crippen LogP contribution >= 0.6 is 0 Å². The van der Waals surface area contributed by atoms with Crippen molar-refractivity contribution < 1.29 is 17.5 Å². The predicted octanol–water partition coefficient (Wildman–Crippen LogP) is 3.94. The lowest BCUT2D eigenvalue weighted by Gasteiger charge is -2.35. The molecule has 0 bridgehead atoms. The van der Waals surface area contributed by atoms with Gasteiger partial charge in [-0.3, -0.25) is 4.98 Å². The van der Waals surface area contributed by atoms with E-state index < -0.39 is 15.8 Å². The number of aromatic nitrogens is 1. The fourth-order valence-corrected chi connectivity index (χ4v) is 6.32. The first-order valence-electron chi connectivity index (χ1n) is 13.2. The minimum absolute atomic E-state index is 0.0468. The summed E-state index contributed by atoms with van der Waals surface area (Å²) in [5.41, 5.74) is 10.3. The third-order valence-corrected chi connectivity index (χ3v) is 8.69. The number of sulfonamides is 1. The second-order valence-electron chi connectivity index (χ2n) is 9.87. The molecule has 4 N–H and O–H groups in total. The second-order valence-corrected chi connectivity index (χ2v) is 11.6. The highest BCUT2D eigenvalue weighted by molar-refractivity contribution is 7.89. The van der Waals surface area contributed by atoms with Crippen molar-refractivity contribution in [2.24, 2.45) is 5.73 Å². The molecule has 0 aliphatic heterocycles. The highest BCUT2D eigenvalue weighted by Crippen LogP contribution is 2.36. The zero-order chi connectivity index (χ0) is 27.0. The number of aryl methyl sites for hydroxylation is 1. The van der Waals surface area contributed by atoms with Crippen molar-refractivity contribution in [3.63, 3.8) is 0 Å². The Morgan fingerprint density at radius 3 is 2.76 bits per heavy atom. The van der Waals surface area contributed by atoms with Crippen LogP contribution in [0.25, 0.3) is 0 Å². The Morgan fingerprint density at radius 2 is 2.00 bits per heavy atom. The quantitative estimate of drug-likeness (QED) is 0.284. The fraction of sp³-hybridized carbons (Fsp3) is 0.414. The number of fused-ring (bicyclic) bond motifs is 1.